The Bertz CT molecular complexity index is 250. The van der Waals surface area contributed by atoms with Gasteiger partial charge in [-0.25, -0.2) is 0 Å². The second-order valence-electron chi connectivity index (χ2n) is 2.96. The molecule has 2 nitrogen and oxygen atoms in total. The van der Waals surface area contributed by atoms with Crippen LogP contribution in [-0.4, -0.2) is 17.3 Å². The van der Waals surface area contributed by atoms with Gasteiger partial charge < -0.3 is 5.73 Å². The molecular weight excluding hydrogens is 180 g/mol. The van der Waals surface area contributed by atoms with Crippen molar-refractivity contribution in [2.24, 2.45) is 5.73 Å². The molecule has 0 aliphatic heterocycles. The van der Waals surface area contributed by atoms with Crippen LogP contribution < -0.4 is 5.73 Å². The minimum atomic E-state index is 0.786. The van der Waals surface area contributed by atoms with Crippen molar-refractivity contribution in [2.75, 3.05) is 12.3 Å². The Morgan fingerprint density at radius 2 is 2.38 bits per heavy atom. The van der Waals surface area contributed by atoms with Crippen LogP contribution in [0.3, 0.4) is 0 Å². The molecule has 0 spiro atoms. The summed E-state index contributed by atoms with van der Waals surface area (Å²) in [6.45, 7) is 2.89. The fraction of sp³-hybridized carbons (Fsp3) is 0.500. The van der Waals surface area contributed by atoms with E-state index < -0.39 is 0 Å². The van der Waals surface area contributed by atoms with Crippen LogP contribution in [0, 0.1) is 6.92 Å². The predicted octanol–water partition coefficient (Wildman–Crippen LogP) is 1.97. The first kappa shape index (κ1) is 10.5. The van der Waals surface area contributed by atoms with Crippen molar-refractivity contribution in [2.45, 2.75) is 19.1 Å². The maximum Gasteiger partial charge on any atom is 0.0531 e. The summed E-state index contributed by atoms with van der Waals surface area (Å²) < 4.78 is 0. The smallest absolute Gasteiger partial charge is 0.0531 e. The van der Waals surface area contributed by atoms with E-state index in [0.717, 1.165) is 24.5 Å². The molecule has 0 saturated heterocycles. The topological polar surface area (TPSA) is 38.9 Å². The Morgan fingerprint density at radius 3 is 3.08 bits per heavy atom. The molecule has 0 aromatic carbocycles. The van der Waals surface area contributed by atoms with Gasteiger partial charge in [-0.05, 0) is 37.3 Å². The number of hydrogen-bond donors (Lipinski definition) is 1. The van der Waals surface area contributed by atoms with E-state index >= 15 is 0 Å². The van der Waals surface area contributed by atoms with Crippen LogP contribution in [-0.2, 0) is 5.75 Å². The molecule has 0 saturated carbocycles. The van der Waals surface area contributed by atoms with Crippen molar-refractivity contribution < 1.29 is 0 Å². The summed E-state index contributed by atoms with van der Waals surface area (Å²) in [5.74, 6) is 2.14. The maximum atomic E-state index is 5.41. The lowest BCUT2D eigenvalue weighted by molar-refractivity contribution is 0.942. The van der Waals surface area contributed by atoms with Gasteiger partial charge in [0.1, 0.15) is 0 Å². The first-order valence-electron chi connectivity index (χ1n) is 4.53. The van der Waals surface area contributed by atoms with Crippen LogP contribution in [0.1, 0.15) is 17.7 Å². The molecule has 0 atom stereocenters. The van der Waals surface area contributed by atoms with E-state index in [1.54, 1.807) is 0 Å². The lowest BCUT2D eigenvalue weighted by Crippen LogP contribution is -2.00. The van der Waals surface area contributed by atoms with Crippen LogP contribution in [0.25, 0.3) is 0 Å². The third-order valence-corrected chi connectivity index (χ3v) is 2.90. The molecule has 72 valence electrons. The Morgan fingerprint density at radius 1 is 1.54 bits per heavy atom. The second kappa shape index (κ2) is 6.00. The summed E-state index contributed by atoms with van der Waals surface area (Å²) in [6, 6.07) is 4.08. The molecule has 2 N–H and O–H groups in total. The molecule has 0 aliphatic rings. The summed E-state index contributed by atoms with van der Waals surface area (Å²) in [6.07, 6.45) is 2.95. The van der Waals surface area contributed by atoms with Crippen molar-refractivity contribution in [1.29, 1.82) is 0 Å². The Balaban J connectivity index is 2.32. The summed E-state index contributed by atoms with van der Waals surface area (Å²) in [4.78, 5) is 4.32. The highest BCUT2D eigenvalue weighted by molar-refractivity contribution is 7.98. The van der Waals surface area contributed by atoms with Crippen LogP contribution in [0.5, 0.6) is 0 Å². The van der Waals surface area contributed by atoms with E-state index in [4.69, 9.17) is 5.73 Å². The van der Waals surface area contributed by atoms with Gasteiger partial charge in [0.25, 0.3) is 0 Å². The molecule has 1 aromatic heterocycles. The summed E-state index contributed by atoms with van der Waals surface area (Å²) >= 11 is 1.90. The van der Waals surface area contributed by atoms with Gasteiger partial charge in [0.05, 0.1) is 5.69 Å². The monoisotopic (exact) mass is 196 g/mol. The largest absolute Gasteiger partial charge is 0.330 e. The second-order valence-corrected chi connectivity index (χ2v) is 4.07. The molecule has 1 heterocycles. The number of rotatable bonds is 5. The van der Waals surface area contributed by atoms with E-state index in [-0.39, 0.29) is 0 Å². The van der Waals surface area contributed by atoms with Gasteiger partial charge in [0, 0.05) is 11.9 Å². The SMILES string of the molecule is Cc1cccnc1CSCCCN. The number of pyridine rings is 1. The van der Waals surface area contributed by atoms with Crippen LogP contribution >= 0.6 is 11.8 Å². The zero-order chi connectivity index (χ0) is 9.52. The molecular formula is C10H16N2S. The van der Waals surface area contributed by atoms with E-state index in [9.17, 15) is 0 Å². The fourth-order valence-electron chi connectivity index (χ4n) is 1.02. The molecule has 0 bridgehead atoms. The molecule has 0 fully saturated rings. The maximum absolute atomic E-state index is 5.41. The molecule has 1 rings (SSSR count). The van der Waals surface area contributed by atoms with Crippen molar-refractivity contribution in [3.05, 3.63) is 29.6 Å². The molecule has 0 amide bonds. The number of hydrogen-bond acceptors (Lipinski definition) is 3. The van der Waals surface area contributed by atoms with Crippen molar-refractivity contribution in [3.63, 3.8) is 0 Å². The van der Waals surface area contributed by atoms with Crippen LogP contribution in [0.2, 0.25) is 0 Å². The van der Waals surface area contributed by atoms with Crippen molar-refractivity contribution >= 4 is 11.8 Å². The average Bonchev–Trinajstić information content (AvgIpc) is 2.15. The third kappa shape index (κ3) is 3.79. The number of aromatic nitrogens is 1. The molecule has 0 unspecified atom stereocenters. The number of nitrogens with zero attached hydrogens (tertiary/aromatic N) is 1. The van der Waals surface area contributed by atoms with E-state index in [2.05, 4.69) is 18.0 Å². The zero-order valence-electron chi connectivity index (χ0n) is 7.99. The third-order valence-electron chi connectivity index (χ3n) is 1.85. The first-order valence-corrected chi connectivity index (χ1v) is 5.68. The number of thioether (sulfide) groups is 1. The minimum absolute atomic E-state index is 0.786. The molecule has 0 aliphatic carbocycles. The Kier molecular flexibility index (Phi) is 4.86. The van der Waals surface area contributed by atoms with Gasteiger partial charge >= 0.3 is 0 Å². The van der Waals surface area contributed by atoms with Gasteiger partial charge in [-0.15, -0.1) is 0 Å². The highest BCUT2D eigenvalue weighted by atomic mass is 32.2. The summed E-state index contributed by atoms with van der Waals surface area (Å²) in [5.41, 5.74) is 7.89. The van der Waals surface area contributed by atoms with Gasteiger partial charge in [-0.3, -0.25) is 4.98 Å². The molecule has 3 heteroatoms. The van der Waals surface area contributed by atoms with Crippen molar-refractivity contribution in [1.82, 2.24) is 4.98 Å². The lowest BCUT2D eigenvalue weighted by atomic mass is 10.2. The van der Waals surface area contributed by atoms with E-state index in [1.165, 1.54) is 11.3 Å². The van der Waals surface area contributed by atoms with E-state index in [1.807, 2.05) is 24.0 Å². The fourth-order valence-corrected chi connectivity index (χ4v) is 2.03. The normalized spacial score (nSPS) is 10.3. The Hall–Kier alpha value is -0.540. The highest BCUT2D eigenvalue weighted by Gasteiger charge is 1.97. The van der Waals surface area contributed by atoms with Gasteiger partial charge in [0.2, 0.25) is 0 Å². The highest BCUT2D eigenvalue weighted by Crippen LogP contribution is 2.13. The zero-order valence-corrected chi connectivity index (χ0v) is 8.81. The lowest BCUT2D eigenvalue weighted by Gasteiger charge is -2.03. The average molecular weight is 196 g/mol. The quantitative estimate of drug-likeness (QED) is 0.732. The Labute approximate surface area is 83.9 Å². The van der Waals surface area contributed by atoms with Gasteiger partial charge in [0.15, 0.2) is 0 Å². The van der Waals surface area contributed by atoms with Gasteiger partial charge in [-0.1, -0.05) is 6.07 Å². The summed E-state index contributed by atoms with van der Waals surface area (Å²) in [7, 11) is 0. The number of aryl methyl sites for hydroxylation is 1. The van der Waals surface area contributed by atoms with Crippen LogP contribution in [0.15, 0.2) is 18.3 Å². The minimum Gasteiger partial charge on any atom is -0.330 e. The molecule has 0 radical (unpaired) electrons. The molecule has 13 heavy (non-hydrogen) atoms. The van der Waals surface area contributed by atoms with Crippen LogP contribution in [0.4, 0.5) is 0 Å². The molecule has 1 aromatic rings. The van der Waals surface area contributed by atoms with E-state index in [0.29, 0.717) is 0 Å². The summed E-state index contributed by atoms with van der Waals surface area (Å²) in [5, 5.41) is 0. The predicted molar refractivity (Wildman–Crippen MR) is 58.8 cm³/mol. The standard InChI is InChI=1S/C10H16N2S/c1-9-4-2-6-12-10(9)8-13-7-3-5-11/h2,4,6H,3,5,7-8,11H2,1H3. The van der Waals surface area contributed by atoms with Crippen molar-refractivity contribution in [3.8, 4) is 0 Å². The first-order chi connectivity index (χ1) is 6.34. The number of nitrogens with two attached hydrogens (primary N) is 1. The van der Waals surface area contributed by atoms with Gasteiger partial charge in [-0.2, -0.15) is 11.8 Å².